The third-order valence-corrected chi connectivity index (χ3v) is 3.17. The molecule has 1 aliphatic rings. The number of benzene rings is 1. The van der Waals surface area contributed by atoms with Gasteiger partial charge in [0.1, 0.15) is 0 Å². The Hall–Kier alpha value is -2.08. The lowest BCUT2D eigenvalue weighted by Gasteiger charge is -2.31. The van der Waals surface area contributed by atoms with Crippen LogP contribution in [0.2, 0.25) is 0 Å². The van der Waals surface area contributed by atoms with E-state index in [1.54, 1.807) is 29.2 Å². The molecule has 3 N–H and O–H groups in total. The van der Waals surface area contributed by atoms with Crippen molar-refractivity contribution in [2.75, 3.05) is 32.0 Å². The van der Waals surface area contributed by atoms with Crippen LogP contribution in [-0.2, 0) is 9.53 Å². The molecule has 6 heteroatoms. The number of amides is 2. The van der Waals surface area contributed by atoms with Crippen molar-refractivity contribution in [1.82, 2.24) is 10.2 Å². The largest absolute Gasteiger partial charge is 0.399 e. The van der Waals surface area contributed by atoms with Gasteiger partial charge < -0.3 is 20.7 Å². The van der Waals surface area contributed by atoms with Crippen molar-refractivity contribution in [3.8, 4) is 0 Å². The number of hydrogen-bond donors (Lipinski definition) is 2. The van der Waals surface area contributed by atoms with Gasteiger partial charge >= 0.3 is 0 Å². The zero-order chi connectivity index (χ0) is 14.5. The predicted molar refractivity (Wildman–Crippen MR) is 75.2 cm³/mol. The van der Waals surface area contributed by atoms with E-state index in [4.69, 9.17) is 10.5 Å². The Kier molecular flexibility index (Phi) is 4.57. The lowest BCUT2D eigenvalue weighted by atomic mass is 10.2. The smallest absolute Gasteiger partial charge is 0.251 e. The van der Waals surface area contributed by atoms with Crippen molar-refractivity contribution in [2.45, 2.75) is 13.0 Å². The highest BCUT2D eigenvalue weighted by Crippen LogP contribution is 2.06. The molecular weight excluding hydrogens is 258 g/mol. The van der Waals surface area contributed by atoms with E-state index in [9.17, 15) is 9.59 Å². The molecule has 0 aliphatic carbocycles. The molecule has 1 unspecified atom stereocenters. The van der Waals surface area contributed by atoms with Crippen LogP contribution in [0.15, 0.2) is 24.3 Å². The number of nitrogens with zero attached hydrogens (tertiary/aromatic N) is 1. The van der Waals surface area contributed by atoms with Gasteiger partial charge in [0.2, 0.25) is 5.91 Å². The van der Waals surface area contributed by atoms with E-state index in [1.807, 2.05) is 6.92 Å². The summed E-state index contributed by atoms with van der Waals surface area (Å²) in [6.45, 7) is 3.60. The molecular formula is C14H19N3O3. The highest BCUT2D eigenvalue weighted by Gasteiger charge is 2.21. The van der Waals surface area contributed by atoms with Gasteiger partial charge in [-0.15, -0.1) is 0 Å². The summed E-state index contributed by atoms with van der Waals surface area (Å²) in [6, 6.07) is 6.57. The third-order valence-electron chi connectivity index (χ3n) is 3.17. The van der Waals surface area contributed by atoms with E-state index in [1.165, 1.54) is 0 Å². The summed E-state index contributed by atoms with van der Waals surface area (Å²) in [5.41, 5.74) is 6.64. The van der Waals surface area contributed by atoms with Crippen LogP contribution in [0.3, 0.4) is 0 Å². The summed E-state index contributed by atoms with van der Waals surface area (Å²) in [6.07, 6.45) is 0.0421. The van der Waals surface area contributed by atoms with Gasteiger partial charge in [-0.05, 0) is 31.2 Å². The first-order valence-electron chi connectivity index (χ1n) is 6.59. The topological polar surface area (TPSA) is 84.7 Å². The van der Waals surface area contributed by atoms with Crippen molar-refractivity contribution < 1.29 is 14.3 Å². The molecule has 1 fully saturated rings. The minimum Gasteiger partial charge on any atom is -0.399 e. The summed E-state index contributed by atoms with van der Waals surface area (Å²) in [4.78, 5) is 25.5. The number of nitrogen functional groups attached to an aromatic ring is 1. The lowest BCUT2D eigenvalue weighted by Crippen LogP contribution is -2.48. The second-order valence-electron chi connectivity index (χ2n) is 4.83. The maximum Gasteiger partial charge on any atom is 0.251 e. The zero-order valence-corrected chi connectivity index (χ0v) is 11.5. The Bertz CT molecular complexity index is 487. The van der Waals surface area contributed by atoms with Crippen molar-refractivity contribution in [1.29, 1.82) is 0 Å². The normalized spacial score (nSPS) is 18.6. The quantitative estimate of drug-likeness (QED) is 0.775. The first kappa shape index (κ1) is 14.3. The Morgan fingerprint density at radius 3 is 2.75 bits per heavy atom. The molecule has 0 saturated carbocycles. The number of hydrogen-bond acceptors (Lipinski definition) is 4. The van der Waals surface area contributed by atoms with E-state index in [-0.39, 0.29) is 24.5 Å². The molecule has 20 heavy (non-hydrogen) atoms. The molecule has 2 rings (SSSR count). The molecule has 1 heterocycles. The fraction of sp³-hybridized carbons (Fsp3) is 0.429. The maximum atomic E-state index is 12.0. The van der Waals surface area contributed by atoms with Gasteiger partial charge in [0.05, 0.1) is 19.3 Å². The van der Waals surface area contributed by atoms with Crippen LogP contribution < -0.4 is 11.1 Å². The minimum absolute atomic E-state index is 0.00404. The van der Waals surface area contributed by atoms with Crippen molar-refractivity contribution in [3.63, 3.8) is 0 Å². The van der Waals surface area contributed by atoms with Crippen LogP contribution in [0.5, 0.6) is 0 Å². The molecule has 6 nitrogen and oxygen atoms in total. The summed E-state index contributed by atoms with van der Waals surface area (Å²) >= 11 is 0. The van der Waals surface area contributed by atoms with Gasteiger partial charge in [0.15, 0.2) is 0 Å². The van der Waals surface area contributed by atoms with Gasteiger partial charge in [-0.3, -0.25) is 9.59 Å². The highest BCUT2D eigenvalue weighted by atomic mass is 16.5. The summed E-state index contributed by atoms with van der Waals surface area (Å²) in [5, 5.41) is 2.62. The molecule has 1 saturated heterocycles. The molecule has 2 amide bonds. The van der Waals surface area contributed by atoms with Crippen molar-refractivity contribution in [3.05, 3.63) is 29.8 Å². The van der Waals surface area contributed by atoms with Crippen LogP contribution >= 0.6 is 0 Å². The summed E-state index contributed by atoms with van der Waals surface area (Å²) < 4.78 is 5.37. The van der Waals surface area contributed by atoms with Crippen molar-refractivity contribution in [2.24, 2.45) is 0 Å². The first-order chi connectivity index (χ1) is 9.56. The van der Waals surface area contributed by atoms with E-state index < -0.39 is 0 Å². The zero-order valence-electron chi connectivity index (χ0n) is 11.5. The Morgan fingerprint density at radius 2 is 2.10 bits per heavy atom. The highest BCUT2D eigenvalue weighted by molar-refractivity contribution is 5.96. The molecule has 108 valence electrons. The standard InChI is InChI=1S/C14H19N3O3/c1-10-9-17(6-7-20-10)13(18)8-16-14(19)11-2-4-12(15)5-3-11/h2-5,10H,6-9,15H2,1H3,(H,16,19). The SMILES string of the molecule is CC1CN(C(=O)CNC(=O)c2ccc(N)cc2)CCO1. The van der Waals surface area contributed by atoms with Gasteiger partial charge in [0.25, 0.3) is 5.91 Å². The number of nitrogens with two attached hydrogens (primary N) is 1. The predicted octanol–water partition coefficient (Wildman–Crippen LogP) is 0.246. The minimum atomic E-state index is -0.278. The van der Waals surface area contributed by atoms with Crippen LogP contribution in [0, 0.1) is 0 Å². The van der Waals surface area contributed by atoms with Crippen LogP contribution in [-0.4, -0.2) is 49.1 Å². The Labute approximate surface area is 117 Å². The van der Waals surface area contributed by atoms with E-state index in [0.717, 1.165) is 0 Å². The molecule has 1 aliphatic heterocycles. The number of anilines is 1. The summed E-state index contributed by atoms with van der Waals surface area (Å²) in [5.74, 6) is -0.372. The fourth-order valence-corrected chi connectivity index (χ4v) is 2.05. The molecule has 0 radical (unpaired) electrons. The van der Waals surface area contributed by atoms with E-state index in [0.29, 0.717) is 30.9 Å². The lowest BCUT2D eigenvalue weighted by molar-refractivity contribution is -0.137. The number of carbonyl (C=O) groups excluding carboxylic acids is 2. The fourth-order valence-electron chi connectivity index (χ4n) is 2.05. The third kappa shape index (κ3) is 3.71. The van der Waals surface area contributed by atoms with E-state index in [2.05, 4.69) is 5.32 Å². The monoisotopic (exact) mass is 277 g/mol. The van der Waals surface area contributed by atoms with Crippen molar-refractivity contribution >= 4 is 17.5 Å². The molecule has 1 atom stereocenters. The number of nitrogens with one attached hydrogen (secondary N) is 1. The summed E-state index contributed by atoms with van der Waals surface area (Å²) in [7, 11) is 0. The van der Waals surface area contributed by atoms with E-state index >= 15 is 0 Å². The molecule has 0 bridgehead atoms. The van der Waals surface area contributed by atoms with Crippen LogP contribution in [0.25, 0.3) is 0 Å². The Morgan fingerprint density at radius 1 is 1.40 bits per heavy atom. The van der Waals surface area contributed by atoms with Crippen LogP contribution in [0.4, 0.5) is 5.69 Å². The molecule has 1 aromatic carbocycles. The molecule has 0 aromatic heterocycles. The first-order valence-corrected chi connectivity index (χ1v) is 6.59. The number of rotatable bonds is 3. The average Bonchev–Trinajstić information content (AvgIpc) is 2.45. The van der Waals surface area contributed by atoms with Crippen LogP contribution in [0.1, 0.15) is 17.3 Å². The maximum absolute atomic E-state index is 12.0. The second-order valence-corrected chi connectivity index (χ2v) is 4.83. The van der Waals surface area contributed by atoms with Gasteiger partial charge in [-0.1, -0.05) is 0 Å². The second kappa shape index (κ2) is 6.38. The number of carbonyl (C=O) groups is 2. The Balaban J connectivity index is 1.83. The average molecular weight is 277 g/mol. The number of morpholine rings is 1. The van der Waals surface area contributed by atoms with Gasteiger partial charge in [-0.25, -0.2) is 0 Å². The molecule has 1 aromatic rings. The number of ether oxygens (including phenoxy) is 1. The van der Waals surface area contributed by atoms with Gasteiger partial charge in [-0.2, -0.15) is 0 Å². The van der Waals surface area contributed by atoms with Gasteiger partial charge in [0, 0.05) is 24.3 Å². The molecule has 0 spiro atoms.